The molecule has 0 heterocycles. The summed E-state index contributed by atoms with van der Waals surface area (Å²) in [5.41, 5.74) is 1.18. The molecule has 3 rings (SSSR count). The van der Waals surface area contributed by atoms with Gasteiger partial charge in [-0.3, -0.25) is 4.90 Å². The van der Waals surface area contributed by atoms with E-state index >= 15 is 0 Å². The highest BCUT2D eigenvalue weighted by molar-refractivity contribution is 5.35. The molecule has 1 fully saturated rings. The molecule has 1 saturated carbocycles. The summed E-state index contributed by atoms with van der Waals surface area (Å²) < 4.78 is 14.8. The molecular weight excluding hydrogens is 359 g/mol. The van der Waals surface area contributed by atoms with Crippen LogP contribution in [0.2, 0.25) is 0 Å². The molecule has 2 atom stereocenters. The van der Waals surface area contributed by atoms with Crippen molar-refractivity contribution in [2.75, 3.05) is 7.05 Å². The Kier molecular flexibility index (Phi) is 7.45. The van der Waals surface area contributed by atoms with E-state index in [0.717, 1.165) is 45.1 Å². The predicted molar refractivity (Wildman–Crippen MR) is 117 cm³/mol. The molecule has 3 heteroatoms. The van der Waals surface area contributed by atoms with Crippen LogP contribution in [-0.4, -0.2) is 18.0 Å². The highest BCUT2D eigenvalue weighted by Crippen LogP contribution is 2.46. The van der Waals surface area contributed by atoms with Gasteiger partial charge in [0.2, 0.25) is 0 Å². The van der Waals surface area contributed by atoms with Crippen molar-refractivity contribution >= 4 is 0 Å². The van der Waals surface area contributed by atoms with Gasteiger partial charge in [-0.05, 0) is 56.7 Å². The molecule has 2 nitrogen and oxygen atoms in total. The first kappa shape index (κ1) is 21.5. The Morgan fingerprint density at radius 3 is 2.38 bits per heavy atom. The van der Waals surface area contributed by atoms with E-state index in [2.05, 4.69) is 49.2 Å². The summed E-state index contributed by atoms with van der Waals surface area (Å²) in [6.07, 6.45) is 6.98. The number of rotatable bonds is 9. The average molecular weight is 393 g/mol. The highest BCUT2D eigenvalue weighted by Gasteiger charge is 2.43. The number of hydrogen-bond acceptors (Lipinski definition) is 2. The van der Waals surface area contributed by atoms with Crippen LogP contribution in [0.4, 0.5) is 4.39 Å². The third kappa shape index (κ3) is 4.87. The second-order valence-corrected chi connectivity index (χ2v) is 8.55. The fourth-order valence-corrected chi connectivity index (χ4v) is 5.14. The lowest BCUT2D eigenvalue weighted by Crippen LogP contribution is -2.37. The van der Waals surface area contributed by atoms with Crippen molar-refractivity contribution in [1.29, 1.82) is 5.26 Å². The number of benzene rings is 2. The van der Waals surface area contributed by atoms with Crippen LogP contribution in [-0.2, 0) is 12.0 Å². The zero-order valence-corrected chi connectivity index (χ0v) is 17.8. The van der Waals surface area contributed by atoms with Gasteiger partial charge < -0.3 is 0 Å². The summed E-state index contributed by atoms with van der Waals surface area (Å²) in [4.78, 5) is 2.38. The van der Waals surface area contributed by atoms with E-state index < -0.39 is 5.41 Å². The van der Waals surface area contributed by atoms with Crippen molar-refractivity contribution in [3.8, 4) is 6.07 Å². The third-order valence-electron chi connectivity index (χ3n) is 6.85. The van der Waals surface area contributed by atoms with Gasteiger partial charge in [-0.2, -0.15) is 5.26 Å². The predicted octanol–water partition coefficient (Wildman–Crippen LogP) is 6.47. The van der Waals surface area contributed by atoms with E-state index in [1.807, 2.05) is 18.2 Å². The van der Waals surface area contributed by atoms with Crippen molar-refractivity contribution in [1.82, 2.24) is 4.90 Å². The molecule has 29 heavy (non-hydrogen) atoms. The Labute approximate surface area is 175 Å². The monoisotopic (exact) mass is 392 g/mol. The van der Waals surface area contributed by atoms with Crippen LogP contribution in [0, 0.1) is 23.1 Å². The first-order valence-electron chi connectivity index (χ1n) is 11.0. The van der Waals surface area contributed by atoms with Gasteiger partial charge in [-0.1, -0.05) is 68.3 Å². The molecule has 0 aliphatic heterocycles. The van der Waals surface area contributed by atoms with Gasteiger partial charge in [0.1, 0.15) is 5.82 Å². The molecule has 154 valence electrons. The largest absolute Gasteiger partial charge is 0.299 e. The van der Waals surface area contributed by atoms with Crippen LogP contribution < -0.4 is 0 Å². The summed E-state index contributed by atoms with van der Waals surface area (Å²) in [6, 6.07) is 20.4. The average Bonchev–Trinajstić information content (AvgIpc) is 3.28. The Morgan fingerprint density at radius 1 is 1.10 bits per heavy atom. The van der Waals surface area contributed by atoms with Gasteiger partial charge in [0, 0.05) is 18.2 Å². The van der Waals surface area contributed by atoms with Crippen LogP contribution in [0.5, 0.6) is 0 Å². The van der Waals surface area contributed by atoms with E-state index in [1.165, 1.54) is 11.6 Å². The Balaban J connectivity index is 1.80. The third-order valence-corrected chi connectivity index (χ3v) is 6.85. The molecule has 1 aliphatic rings. The van der Waals surface area contributed by atoms with Crippen molar-refractivity contribution < 1.29 is 4.39 Å². The second-order valence-electron chi connectivity index (χ2n) is 8.55. The maximum absolute atomic E-state index is 14.8. The van der Waals surface area contributed by atoms with Crippen molar-refractivity contribution in [3.05, 3.63) is 71.5 Å². The summed E-state index contributed by atoms with van der Waals surface area (Å²) in [7, 11) is 2.16. The van der Waals surface area contributed by atoms with Gasteiger partial charge >= 0.3 is 0 Å². The fraction of sp³-hybridized carbons (Fsp3) is 0.500. The van der Waals surface area contributed by atoms with Crippen LogP contribution in [0.1, 0.15) is 63.0 Å². The lowest BCUT2D eigenvalue weighted by Gasteiger charge is -2.36. The molecule has 0 aromatic heterocycles. The second kappa shape index (κ2) is 10.0. The minimum Gasteiger partial charge on any atom is -0.299 e. The Hall–Kier alpha value is -2.18. The first-order chi connectivity index (χ1) is 14.1. The standard InChI is InChI=1S/C26H33FN2/c1-3-23(29(2)19-21-11-5-4-6-12-21)17-18-26(20-28,22-13-7-8-14-22)24-15-9-10-16-25(24)27/h4-6,9-12,15-16,22-23H,3,7-8,13-14,17-19H2,1-2H3. The summed E-state index contributed by atoms with van der Waals surface area (Å²) in [5, 5.41) is 10.3. The summed E-state index contributed by atoms with van der Waals surface area (Å²) in [5.74, 6) is 0.0213. The molecule has 1 aliphatic carbocycles. The minimum absolute atomic E-state index is 0.230. The van der Waals surface area contributed by atoms with Crippen molar-refractivity contribution in [3.63, 3.8) is 0 Å². The van der Waals surface area contributed by atoms with E-state index in [-0.39, 0.29) is 11.7 Å². The molecule has 0 spiro atoms. The Bertz CT molecular complexity index is 807. The quantitative estimate of drug-likeness (QED) is 0.489. The summed E-state index contributed by atoms with van der Waals surface area (Å²) in [6.45, 7) is 3.10. The molecule has 2 aromatic rings. The van der Waals surface area contributed by atoms with Crippen molar-refractivity contribution in [2.45, 2.75) is 69.9 Å². The van der Waals surface area contributed by atoms with Crippen molar-refractivity contribution in [2.24, 2.45) is 5.92 Å². The minimum atomic E-state index is -0.719. The van der Waals surface area contributed by atoms with Gasteiger partial charge in [-0.25, -0.2) is 4.39 Å². The highest BCUT2D eigenvalue weighted by atomic mass is 19.1. The molecule has 0 radical (unpaired) electrons. The van der Waals surface area contributed by atoms with E-state index in [0.29, 0.717) is 18.0 Å². The van der Waals surface area contributed by atoms with Gasteiger partial charge in [0.25, 0.3) is 0 Å². The molecule has 0 bridgehead atoms. The molecular formula is C26H33FN2. The number of hydrogen-bond donors (Lipinski definition) is 0. The fourth-order valence-electron chi connectivity index (χ4n) is 5.14. The SMILES string of the molecule is CCC(CCC(C#N)(c1ccccc1F)C1CCCC1)N(C)Cc1ccccc1. The Morgan fingerprint density at radius 2 is 1.76 bits per heavy atom. The molecule has 2 aromatic carbocycles. The maximum atomic E-state index is 14.8. The smallest absolute Gasteiger partial charge is 0.128 e. The van der Waals surface area contributed by atoms with Gasteiger partial charge in [-0.15, -0.1) is 0 Å². The number of nitriles is 1. The number of halogens is 1. The topological polar surface area (TPSA) is 27.0 Å². The normalized spacial score (nSPS) is 17.8. The maximum Gasteiger partial charge on any atom is 0.128 e. The van der Waals surface area contributed by atoms with E-state index in [1.54, 1.807) is 6.07 Å². The van der Waals surface area contributed by atoms with Gasteiger partial charge in [0.05, 0.1) is 11.5 Å². The van der Waals surface area contributed by atoms with Crippen LogP contribution in [0.25, 0.3) is 0 Å². The lowest BCUT2D eigenvalue weighted by atomic mass is 9.67. The zero-order valence-electron chi connectivity index (χ0n) is 17.8. The van der Waals surface area contributed by atoms with Crippen LogP contribution in [0.15, 0.2) is 54.6 Å². The molecule has 2 unspecified atom stereocenters. The van der Waals surface area contributed by atoms with Gasteiger partial charge in [0.15, 0.2) is 0 Å². The molecule has 0 amide bonds. The first-order valence-corrected chi connectivity index (χ1v) is 11.0. The van der Waals surface area contributed by atoms with E-state index in [9.17, 15) is 9.65 Å². The zero-order chi connectivity index (χ0) is 20.7. The molecule has 0 saturated heterocycles. The number of nitrogens with zero attached hydrogens (tertiary/aromatic N) is 2. The summed E-state index contributed by atoms with van der Waals surface area (Å²) >= 11 is 0. The van der Waals surface area contributed by atoms with E-state index in [4.69, 9.17) is 0 Å². The van der Waals surface area contributed by atoms with Crippen LogP contribution >= 0.6 is 0 Å². The molecule has 0 N–H and O–H groups in total. The van der Waals surface area contributed by atoms with Crippen LogP contribution in [0.3, 0.4) is 0 Å². The lowest BCUT2D eigenvalue weighted by molar-refractivity contribution is 0.192.